The summed E-state index contributed by atoms with van der Waals surface area (Å²) >= 11 is 7.45. The van der Waals surface area contributed by atoms with Crippen LogP contribution in [0.2, 0.25) is 5.02 Å². The smallest absolute Gasteiger partial charge is 0.134 e. The fourth-order valence-electron chi connectivity index (χ4n) is 2.00. The Balaban J connectivity index is 2.53. The van der Waals surface area contributed by atoms with Crippen molar-refractivity contribution >= 4 is 22.9 Å². The van der Waals surface area contributed by atoms with E-state index in [0.29, 0.717) is 16.4 Å². The normalized spacial score (nSPS) is 12.4. The van der Waals surface area contributed by atoms with Crippen molar-refractivity contribution < 1.29 is 13.5 Å². The monoisotopic (exact) mass is 317 g/mol. The van der Waals surface area contributed by atoms with Crippen molar-refractivity contribution in [2.24, 2.45) is 0 Å². The van der Waals surface area contributed by atoms with Crippen LogP contribution < -0.4 is 10.1 Å². The van der Waals surface area contributed by atoms with Crippen molar-refractivity contribution in [3.8, 4) is 5.75 Å². The Hall–Kier alpha value is -1.17. The molecule has 2 rings (SSSR count). The Morgan fingerprint density at radius 3 is 2.45 bits per heavy atom. The summed E-state index contributed by atoms with van der Waals surface area (Å²) in [6, 6.07) is 3.44. The van der Waals surface area contributed by atoms with Crippen LogP contribution in [0.1, 0.15) is 23.4 Å². The summed E-state index contributed by atoms with van der Waals surface area (Å²) in [5.74, 6) is -1.16. The lowest BCUT2D eigenvalue weighted by molar-refractivity contribution is 0.403. The number of thiophene rings is 1. The standard InChI is InChI=1S/C14H14ClF2NOS/c1-3-18-13(14-9(15)4-5-20-14)12-10(16)6-8(19-2)7-11(12)17/h4-7,13,18H,3H2,1-2H3. The topological polar surface area (TPSA) is 21.3 Å². The summed E-state index contributed by atoms with van der Waals surface area (Å²) in [6.07, 6.45) is 0. The maximum Gasteiger partial charge on any atom is 0.134 e. The molecule has 0 aliphatic heterocycles. The van der Waals surface area contributed by atoms with Crippen LogP contribution in [0.3, 0.4) is 0 Å². The van der Waals surface area contributed by atoms with E-state index in [1.165, 1.54) is 30.6 Å². The summed E-state index contributed by atoms with van der Waals surface area (Å²) in [4.78, 5) is 0.691. The Morgan fingerprint density at radius 2 is 2.00 bits per heavy atom. The Kier molecular flexibility index (Phi) is 4.96. The second-order valence-corrected chi connectivity index (χ2v) is 5.48. The van der Waals surface area contributed by atoms with E-state index >= 15 is 0 Å². The SMILES string of the molecule is CCNC(c1sccc1Cl)c1c(F)cc(OC)cc1F. The van der Waals surface area contributed by atoms with Gasteiger partial charge in [0.05, 0.1) is 18.2 Å². The van der Waals surface area contributed by atoms with Gasteiger partial charge in [0.25, 0.3) is 0 Å². The highest BCUT2D eigenvalue weighted by molar-refractivity contribution is 7.10. The van der Waals surface area contributed by atoms with Crippen molar-refractivity contribution in [3.05, 3.63) is 50.7 Å². The number of benzene rings is 1. The predicted octanol–water partition coefficient (Wildman–Crippen LogP) is 4.39. The molecule has 1 heterocycles. The van der Waals surface area contributed by atoms with Gasteiger partial charge < -0.3 is 10.1 Å². The number of halogens is 3. The molecule has 1 N–H and O–H groups in total. The third-order valence-electron chi connectivity index (χ3n) is 2.89. The first-order valence-electron chi connectivity index (χ1n) is 6.07. The van der Waals surface area contributed by atoms with Crippen LogP contribution in [0.5, 0.6) is 5.75 Å². The first-order chi connectivity index (χ1) is 9.58. The maximum atomic E-state index is 14.2. The number of hydrogen-bond acceptors (Lipinski definition) is 3. The molecule has 1 unspecified atom stereocenters. The largest absolute Gasteiger partial charge is 0.497 e. The number of ether oxygens (including phenoxy) is 1. The molecule has 0 aliphatic rings. The Morgan fingerprint density at radius 1 is 1.35 bits per heavy atom. The predicted molar refractivity (Wildman–Crippen MR) is 77.8 cm³/mol. The lowest BCUT2D eigenvalue weighted by Crippen LogP contribution is -2.23. The molecule has 20 heavy (non-hydrogen) atoms. The number of hydrogen-bond donors (Lipinski definition) is 1. The lowest BCUT2D eigenvalue weighted by atomic mass is 10.0. The quantitative estimate of drug-likeness (QED) is 0.883. The van der Waals surface area contributed by atoms with Crippen LogP contribution in [-0.4, -0.2) is 13.7 Å². The highest BCUT2D eigenvalue weighted by Gasteiger charge is 2.25. The molecule has 2 nitrogen and oxygen atoms in total. The van der Waals surface area contributed by atoms with Crippen molar-refractivity contribution in [1.29, 1.82) is 0 Å². The summed E-state index contributed by atoms with van der Waals surface area (Å²) in [5, 5.41) is 5.36. The van der Waals surface area contributed by atoms with E-state index in [1.807, 2.05) is 6.92 Å². The number of methoxy groups -OCH3 is 1. The minimum absolute atomic E-state index is 0.0444. The number of rotatable bonds is 5. The highest BCUT2D eigenvalue weighted by atomic mass is 35.5. The average Bonchev–Trinajstić information content (AvgIpc) is 2.82. The van der Waals surface area contributed by atoms with Crippen LogP contribution in [0, 0.1) is 11.6 Å². The molecule has 0 saturated carbocycles. The van der Waals surface area contributed by atoms with Gasteiger partial charge in [-0.25, -0.2) is 8.78 Å². The Bertz CT molecular complexity index is 580. The molecule has 0 aliphatic carbocycles. The second-order valence-electron chi connectivity index (χ2n) is 4.13. The molecule has 1 atom stereocenters. The lowest BCUT2D eigenvalue weighted by Gasteiger charge is -2.19. The summed E-state index contributed by atoms with van der Waals surface area (Å²) < 4.78 is 33.3. The van der Waals surface area contributed by atoms with E-state index in [2.05, 4.69) is 5.32 Å². The van der Waals surface area contributed by atoms with Crippen LogP contribution in [0.15, 0.2) is 23.6 Å². The Labute approximate surface area is 125 Å². The van der Waals surface area contributed by atoms with E-state index in [-0.39, 0.29) is 11.3 Å². The zero-order valence-electron chi connectivity index (χ0n) is 11.0. The van der Waals surface area contributed by atoms with Gasteiger partial charge in [-0.3, -0.25) is 0 Å². The maximum absolute atomic E-state index is 14.2. The molecule has 1 aromatic carbocycles. The molecule has 108 valence electrons. The summed E-state index contributed by atoms with van der Waals surface area (Å²) in [5.41, 5.74) is -0.0444. The molecule has 0 fully saturated rings. The molecule has 2 aromatic rings. The fraction of sp³-hybridized carbons (Fsp3) is 0.286. The zero-order valence-corrected chi connectivity index (χ0v) is 12.6. The van der Waals surface area contributed by atoms with Gasteiger partial charge in [0, 0.05) is 22.6 Å². The molecule has 1 aromatic heterocycles. The zero-order chi connectivity index (χ0) is 14.7. The van der Waals surface area contributed by atoms with Crippen LogP contribution in [0.25, 0.3) is 0 Å². The molecule has 0 bridgehead atoms. The van der Waals surface area contributed by atoms with E-state index in [4.69, 9.17) is 16.3 Å². The van der Waals surface area contributed by atoms with Gasteiger partial charge in [0.1, 0.15) is 17.4 Å². The van der Waals surface area contributed by atoms with Gasteiger partial charge >= 0.3 is 0 Å². The van der Waals surface area contributed by atoms with Gasteiger partial charge in [-0.1, -0.05) is 18.5 Å². The van der Waals surface area contributed by atoms with E-state index in [1.54, 1.807) is 11.4 Å². The first kappa shape index (κ1) is 15.2. The van der Waals surface area contributed by atoms with Crippen molar-refractivity contribution in [2.75, 3.05) is 13.7 Å². The third kappa shape index (κ3) is 2.95. The molecule has 0 radical (unpaired) electrons. The molecular formula is C14H14ClF2NOS. The molecular weight excluding hydrogens is 304 g/mol. The van der Waals surface area contributed by atoms with Gasteiger partial charge in [0.15, 0.2) is 0 Å². The van der Waals surface area contributed by atoms with Crippen LogP contribution in [-0.2, 0) is 0 Å². The summed E-state index contributed by atoms with van der Waals surface area (Å²) in [6.45, 7) is 2.43. The van der Waals surface area contributed by atoms with Crippen molar-refractivity contribution in [3.63, 3.8) is 0 Å². The van der Waals surface area contributed by atoms with Crippen molar-refractivity contribution in [1.82, 2.24) is 5.32 Å². The van der Waals surface area contributed by atoms with Crippen molar-refractivity contribution in [2.45, 2.75) is 13.0 Å². The minimum atomic E-state index is -0.655. The van der Waals surface area contributed by atoms with Gasteiger partial charge in [-0.2, -0.15) is 0 Å². The first-order valence-corrected chi connectivity index (χ1v) is 7.33. The minimum Gasteiger partial charge on any atom is -0.497 e. The molecule has 0 amide bonds. The summed E-state index contributed by atoms with van der Waals surface area (Å²) in [7, 11) is 1.37. The second kappa shape index (κ2) is 6.52. The van der Waals surface area contributed by atoms with E-state index in [9.17, 15) is 8.78 Å². The fourth-order valence-corrected chi connectivity index (χ4v) is 3.25. The highest BCUT2D eigenvalue weighted by Crippen LogP contribution is 2.36. The van der Waals surface area contributed by atoms with Gasteiger partial charge in [-0.05, 0) is 18.0 Å². The van der Waals surface area contributed by atoms with Gasteiger partial charge in [0.2, 0.25) is 0 Å². The molecule has 0 spiro atoms. The number of nitrogens with one attached hydrogen (secondary N) is 1. The van der Waals surface area contributed by atoms with Gasteiger partial charge in [-0.15, -0.1) is 11.3 Å². The van der Waals surface area contributed by atoms with Crippen LogP contribution >= 0.6 is 22.9 Å². The molecule has 0 saturated heterocycles. The average molecular weight is 318 g/mol. The van der Waals surface area contributed by atoms with E-state index < -0.39 is 17.7 Å². The third-order valence-corrected chi connectivity index (χ3v) is 4.32. The molecule has 6 heteroatoms. The van der Waals surface area contributed by atoms with E-state index in [0.717, 1.165) is 0 Å². The van der Waals surface area contributed by atoms with Crippen LogP contribution in [0.4, 0.5) is 8.78 Å².